The minimum atomic E-state index is -1.12. The average Bonchev–Trinajstić information content (AvgIpc) is 3.08. The molecular weight excluding hydrogens is 386 g/mol. The number of H-pyrrole nitrogens is 1. The van der Waals surface area contributed by atoms with Gasteiger partial charge in [0.1, 0.15) is 12.1 Å². The summed E-state index contributed by atoms with van der Waals surface area (Å²) in [5.74, 6) is -1.95. The molecule has 1 fully saturated rings. The number of carboxylic acids is 1. The van der Waals surface area contributed by atoms with Crippen molar-refractivity contribution in [1.82, 2.24) is 20.9 Å². The van der Waals surface area contributed by atoms with Crippen LogP contribution in [0.1, 0.15) is 24.8 Å². The summed E-state index contributed by atoms with van der Waals surface area (Å²) in [6.45, 7) is 1.66. The summed E-state index contributed by atoms with van der Waals surface area (Å²) in [6, 6.07) is 5.71. The van der Waals surface area contributed by atoms with Gasteiger partial charge in [0, 0.05) is 36.6 Å². The molecule has 1 aliphatic heterocycles. The number of aliphatic carboxylic acids is 1. The zero-order valence-corrected chi connectivity index (χ0v) is 16.8. The van der Waals surface area contributed by atoms with Gasteiger partial charge in [-0.2, -0.15) is 0 Å². The number of hydrogen-bond acceptors (Lipinski definition) is 5. The van der Waals surface area contributed by atoms with Gasteiger partial charge < -0.3 is 31.8 Å². The van der Waals surface area contributed by atoms with Crippen LogP contribution in [0.5, 0.6) is 0 Å². The highest BCUT2D eigenvalue weighted by atomic mass is 16.4. The van der Waals surface area contributed by atoms with Crippen LogP contribution in [0.15, 0.2) is 30.5 Å². The minimum absolute atomic E-state index is 0.140. The smallest absolute Gasteiger partial charge is 0.326 e. The molecule has 0 saturated carbocycles. The summed E-state index contributed by atoms with van der Waals surface area (Å²) < 4.78 is 0. The van der Waals surface area contributed by atoms with Crippen LogP contribution in [0, 0.1) is 5.92 Å². The van der Waals surface area contributed by atoms with Gasteiger partial charge in [-0.1, -0.05) is 18.2 Å². The molecule has 2 atom stereocenters. The Morgan fingerprint density at radius 3 is 2.57 bits per heavy atom. The van der Waals surface area contributed by atoms with Gasteiger partial charge in [0.2, 0.25) is 11.8 Å². The molecule has 1 saturated heterocycles. The molecule has 0 radical (unpaired) electrons. The third-order valence-corrected chi connectivity index (χ3v) is 5.45. The van der Waals surface area contributed by atoms with E-state index in [9.17, 15) is 19.5 Å². The van der Waals surface area contributed by atoms with E-state index in [0.717, 1.165) is 22.9 Å². The Morgan fingerprint density at radius 1 is 1.13 bits per heavy atom. The van der Waals surface area contributed by atoms with Crippen molar-refractivity contribution in [3.63, 3.8) is 0 Å². The first-order chi connectivity index (χ1) is 14.5. The van der Waals surface area contributed by atoms with Gasteiger partial charge in [-0.15, -0.1) is 0 Å². The number of nitrogens with two attached hydrogens (primary N) is 1. The van der Waals surface area contributed by atoms with Crippen LogP contribution in [-0.4, -0.2) is 59.6 Å². The minimum Gasteiger partial charge on any atom is -0.480 e. The van der Waals surface area contributed by atoms with Crippen molar-refractivity contribution in [2.75, 3.05) is 19.6 Å². The number of amides is 2. The Kier molecular flexibility index (Phi) is 7.42. The van der Waals surface area contributed by atoms with Crippen molar-refractivity contribution >= 4 is 28.7 Å². The first kappa shape index (κ1) is 21.8. The molecule has 7 N–H and O–H groups in total. The lowest BCUT2D eigenvalue weighted by atomic mass is 10.0. The fraction of sp³-hybridized carbons (Fsp3) is 0.476. The Balaban J connectivity index is 1.68. The normalized spacial score (nSPS) is 15.9. The molecule has 1 aromatic heterocycles. The average molecular weight is 415 g/mol. The van der Waals surface area contributed by atoms with Crippen molar-refractivity contribution in [2.24, 2.45) is 11.7 Å². The summed E-state index contributed by atoms with van der Waals surface area (Å²) in [6.07, 6.45) is 3.70. The van der Waals surface area contributed by atoms with Gasteiger partial charge >= 0.3 is 5.97 Å². The predicted molar refractivity (Wildman–Crippen MR) is 113 cm³/mol. The molecule has 0 bridgehead atoms. The van der Waals surface area contributed by atoms with Crippen LogP contribution in [-0.2, 0) is 20.8 Å². The van der Waals surface area contributed by atoms with Gasteiger partial charge in [-0.25, -0.2) is 4.79 Å². The highest BCUT2D eigenvalue weighted by Gasteiger charge is 2.31. The SMILES string of the molecule is NCCCC[C@H](NC(=O)C1CNC1)C(=O)N[C@@H](Cc1c[nH]c2ccccc12)C(=O)O. The Labute approximate surface area is 174 Å². The largest absolute Gasteiger partial charge is 0.480 e. The molecule has 0 spiro atoms. The van der Waals surface area contributed by atoms with E-state index in [4.69, 9.17) is 5.73 Å². The van der Waals surface area contributed by atoms with Crippen LogP contribution >= 0.6 is 0 Å². The maximum Gasteiger partial charge on any atom is 0.326 e. The topological polar surface area (TPSA) is 149 Å². The molecule has 0 aliphatic carbocycles. The number of unbranched alkanes of at least 4 members (excludes halogenated alkanes) is 1. The molecule has 2 aromatic rings. The van der Waals surface area contributed by atoms with Gasteiger partial charge in [0.15, 0.2) is 0 Å². The lowest BCUT2D eigenvalue weighted by Gasteiger charge is -2.28. The Bertz CT molecular complexity index is 892. The number of carboxylic acid groups (broad SMARTS) is 1. The van der Waals surface area contributed by atoms with E-state index in [-0.39, 0.29) is 18.2 Å². The summed E-state index contributed by atoms with van der Waals surface area (Å²) in [5, 5.41) is 19.0. The van der Waals surface area contributed by atoms with E-state index < -0.39 is 24.0 Å². The van der Waals surface area contributed by atoms with E-state index in [0.29, 0.717) is 32.5 Å². The van der Waals surface area contributed by atoms with Crippen molar-refractivity contribution in [3.05, 3.63) is 36.0 Å². The quantitative estimate of drug-likeness (QED) is 0.287. The molecule has 30 heavy (non-hydrogen) atoms. The number of carbonyl (C=O) groups excluding carboxylic acids is 2. The number of nitrogens with one attached hydrogen (secondary N) is 4. The molecule has 2 heterocycles. The molecule has 1 aliphatic rings. The van der Waals surface area contributed by atoms with Gasteiger partial charge in [0.25, 0.3) is 0 Å². The van der Waals surface area contributed by atoms with E-state index in [1.807, 2.05) is 24.3 Å². The summed E-state index contributed by atoms with van der Waals surface area (Å²) in [4.78, 5) is 40.1. The van der Waals surface area contributed by atoms with Crippen LogP contribution in [0.3, 0.4) is 0 Å². The first-order valence-electron chi connectivity index (χ1n) is 10.3. The number of hydrogen-bond donors (Lipinski definition) is 6. The van der Waals surface area contributed by atoms with E-state index in [2.05, 4.69) is 20.9 Å². The molecule has 9 heteroatoms. The van der Waals surface area contributed by atoms with Crippen molar-refractivity contribution in [1.29, 1.82) is 0 Å². The third-order valence-electron chi connectivity index (χ3n) is 5.45. The maximum atomic E-state index is 12.9. The lowest BCUT2D eigenvalue weighted by Crippen LogP contribution is -2.57. The number of para-hydroxylation sites is 1. The van der Waals surface area contributed by atoms with Gasteiger partial charge in [-0.3, -0.25) is 9.59 Å². The fourth-order valence-corrected chi connectivity index (χ4v) is 3.52. The van der Waals surface area contributed by atoms with Crippen LogP contribution < -0.4 is 21.7 Å². The van der Waals surface area contributed by atoms with Gasteiger partial charge in [-0.05, 0) is 37.4 Å². The molecular formula is C21H29N5O4. The molecule has 1 aromatic carbocycles. The molecule has 9 nitrogen and oxygen atoms in total. The van der Waals surface area contributed by atoms with Crippen molar-refractivity contribution in [3.8, 4) is 0 Å². The number of aromatic nitrogens is 1. The standard InChI is InChI=1S/C21H29N5O4/c22-8-4-3-7-17(25-19(27)14-10-23-11-14)20(28)26-18(21(29)30)9-13-12-24-16-6-2-1-5-15(13)16/h1-2,5-6,12,14,17-18,23-24H,3-4,7-11,22H2,(H,25,27)(H,26,28)(H,29,30)/t17-,18-/m0/s1. The predicted octanol–water partition coefficient (Wildman–Crippen LogP) is 0.113. The number of aromatic amines is 1. The Morgan fingerprint density at radius 2 is 1.90 bits per heavy atom. The molecule has 2 amide bonds. The second-order valence-electron chi connectivity index (χ2n) is 7.66. The lowest BCUT2D eigenvalue weighted by molar-refractivity contribution is -0.142. The van der Waals surface area contributed by atoms with Crippen molar-refractivity contribution in [2.45, 2.75) is 37.8 Å². The number of benzene rings is 1. The Hall–Kier alpha value is -2.91. The first-order valence-corrected chi connectivity index (χ1v) is 10.3. The second kappa shape index (κ2) is 10.2. The zero-order chi connectivity index (χ0) is 21.5. The number of fused-ring (bicyclic) bond motifs is 1. The summed E-state index contributed by atoms with van der Waals surface area (Å²) in [7, 11) is 0. The maximum absolute atomic E-state index is 12.9. The molecule has 0 unspecified atom stereocenters. The second-order valence-corrected chi connectivity index (χ2v) is 7.66. The third kappa shape index (κ3) is 5.37. The van der Waals surface area contributed by atoms with Crippen LogP contribution in [0.4, 0.5) is 0 Å². The van der Waals surface area contributed by atoms with Crippen molar-refractivity contribution < 1.29 is 19.5 Å². The molecule has 3 rings (SSSR count). The highest BCUT2D eigenvalue weighted by molar-refractivity contribution is 5.92. The van der Waals surface area contributed by atoms with E-state index in [1.54, 1.807) is 6.20 Å². The van der Waals surface area contributed by atoms with Gasteiger partial charge in [0.05, 0.1) is 5.92 Å². The van der Waals surface area contributed by atoms with Crippen LogP contribution in [0.2, 0.25) is 0 Å². The van der Waals surface area contributed by atoms with Crippen LogP contribution in [0.25, 0.3) is 10.9 Å². The fourth-order valence-electron chi connectivity index (χ4n) is 3.52. The monoisotopic (exact) mass is 415 g/mol. The molecule has 162 valence electrons. The summed E-state index contributed by atoms with van der Waals surface area (Å²) >= 11 is 0. The summed E-state index contributed by atoms with van der Waals surface area (Å²) in [5.41, 5.74) is 7.25. The number of rotatable bonds is 11. The van der Waals surface area contributed by atoms with E-state index >= 15 is 0 Å². The zero-order valence-electron chi connectivity index (χ0n) is 16.8. The van der Waals surface area contributed by atoms with E-state index in [1.165, 1.54) is 0 Å². The number of carbonyl (C=O) groups is 3. The highest BCUT2D eigenvalue weighted by Crippen LogP contribution is 2.19.